The van der Waals surface area contributed by atoms with Gasteiger partial charge in [0.15, 0.2) is 6.10 Å². The third kappa shape index (κ3) is 5.70. The van der Waals surface area contributed by atoms with Gasteiger partial charge in [-0.3, -0.25) is 4.79 Å². The lowest BCUT2D eigenvalue weighted by atomic mass is 10.1. The summed E-state index contributed by atoms with van der Waals surface area (Å²) in [5, 5.41) is 5.92. The second-order valence-corrected chi connectivity index (χ2v) is 7.05. The maximum Gasteiger partial charge on any atom is 0.335 e. The number of carbonyl (C=O) groups is 1. The molecule has 1 unspecified atom stereocenters. The molecule has 3 rings (SSSR count). The highest BCUT2D eigenvalue weighted by Gasteiger charge is 2.20. The molecule has 0 fully saturated rings. The van der Waals surface area contributed by atoms with Crippen LogP contribution in [0.15, 0.2) is 53.3 Å². The first-order valence-electron chi connectivity index (χ1n) is 10.5. The minimum atomic E-state index is -0.620. The molecule has 7 nitrogen and oxygen atoms in total. The normalized spacial score (nSPS) is 12.0. The maximum atomic E-state index is 12.6. The topological polar surface area (TPSA) is 79.7 Å². The summed E-state index contributed by atoms with van der Waals surface area (Å²) >= 11 is 0. The molecule has 1 heterocycles. The summed E-state index contributed by atoms with van der Waals surface area (Å²) in [7, 11) is 0. The number of fused-ring (bicyclic) bond motifs is 1. The van der Waals surface area contributed by atoms with Gasteiger partial charge >= 0.3 is 5.97 Å². The van der Waals surface area contributed by atoms with Crippen LogP contribution < -0.4 is 10.3 Å². The molecular weight excluding hydrogens is 396 g/mol. The summed E-state index contributed by atoms with van der Waals surface area (Å²) in [5.74, 6) is 0.326. The summed E-state index contributed by atoms with van der Waals surface area (Å²) < 4.78 is 17.8. The first-order valence-corrected chi connectivity index (χ1v) is 10.5. The van der Waals surface area contributed by atoms with Crippen LogP contribution in [-0.4, -0.2) is 41.7 Å². The highest BCUT2D eigenvalue weighted by atomic mass is 16.6. The lowest BCUT2D eigenvalue weighted by molar-refractivity contribution is -0.156. The number of aromatic nitrogens is 2. The predicted molar refractivity (Wildman–Crippen MR) is 118 cm³/mol. The number of aryl methyl sites for hydroxylation is 1. The van der Waals surface area contributed by atoms with Gasteiger partial charge in [-0.05, 0) is 44.5 Å². The molecule has 0 amide bonds. The van der Waals surface area contributed by atoms with Crippen molar-refractivity contribution >= 4 is 16.7 Å². The SMILES string of the molecule is CCOC(=O)C(Cc1ccc(OCCn2nc(C)c3ccccc3c2=O)cc1)OCC. The predicted octanol–water partition coefficient (Wildman–Crippen LogP) is 3.29. The van der Waals surface area contributed by atoms with Crippen molar-refractivity contribution in [2.75, 3.05) is 19.8 Å². The molecule has 7 heteroatoms. The lowest BCUT2D eigenvalue weighted by Gasteiger charge is -2.16. The van der Waals surface area contributed by atoms with Crippen molar-refractivity contribution in [1.29, 1.82) is 0 Å². The molecule has 0 aliphatic carbocycles. The highest BCUT2D eigenvalue weighted by Crippen LogP contribution is 2.16. The van der Waals surface area contributed by atoms with Gasteiger partial charge in [0, 0.05) is 18.4 Å². The Kier molecular flexibility index (Phi) is 7.78. The molecular formula is C24H28N2O5. The van der Waals surface area contributed by atoms with Gasteiger partial charge in [0.1, 0.15) is 12.4 Å². The average Bonchev–Trinajstić information content (AvgIpc) is 2.78. The van der Waals surface area contributed by atoms with Gasteiger partial charge < -0.3 is 14.2 Å². The number of nitrogens with zero attached hydrogens (tertiary/aromatic N) is 2. The maximum absolute atomic E-state index is 12.6. The molecule has 0 saturated carbocycles. The van der Waals surface area contributed by atoms with E-state index in [9.17, 15) is 9.59 Å². The van der Waals surface area contributed by atoms with Gasteiger partial charge in [-0.15, -0.1) is 0 Å². The van der Waals surface area contributed by atoms with E-state index in [4.69, 9.17) is 14.2 Å². The molecule has 0 radical (unpaired) electrons. The standard InChI is InChI=1S/C24H28N2O5/c1-4-29-22(24(28)30-5-2)16-18-10-12-19(13-11-18)31-15-14-26-23(27)21-9-7-6-8-20(21)17(3)25-26/h6-13,22H,4-5,14-16H2,1-3H3. The Morgan fingerprint density at radius 1 is 1.03 bits per heavy atom. The summed E-state index contributed by atoms with van der Waals surface area (Å²) in [6, 6.07) is 14.9. The van der Waals surface area contributed by atoms with E-state index in [0.29, 0.717) is 43.9 Å². The fourth-order valence-corrected chi connectivity index (χ4v) is 3.39. The molecule has 0 aliphatic heterocycles. The largest absolute Gasteiger partial charge is 0.492 e. The molecule has 1 aromatic heterocycles. The van der Waals surface area contributed by atoms with E-state index in [1.54, 1.807) is 6.92 Å². The van der Waals surface area contributed by atoms with E-state index in [-0.39, 0.29) is 11.5 Å². The monoisotopic (exact) mass is 424 g/mol. The molecule has 0 N–H and O–H groups in total. The first kappa shape index (κ1) is 22.5. The summed E-state index contributed by atoms with van der Waals surface area (Å²) in [6.07, 6.45) is -0.186. The Morgan fingerprint density at radius 3 is 2.42 bits per heavy atom. The first-order chi connectivity index (χ1) is 15.0. The smallest absolute Gasteiger partial charge is 0.335 e. The Labute approximate surface area is 181 Å². The fourth-order valence-electron chi connectivity index (χ4n) is 3.39. The number of ether oxygens (including phenoxy) is 3. The van der Waals surface area contributed by atoms with E-state index >= 15 is 0 Å². The zero-order valence-corrected chi connectivity index (χ0v) is 18.2. The van der Waals surface area contributed by atoms with Crippen LogP contribution in [0.2, 0.25) is 0 Å². The van der Waals surface area contributed by atoms with Crippen LogP contribution in [0.25, 0.3) is 10.8 Å². The molecule has 31 heavy (non-hydrogen) atoms. The van der Waals surface area contributed by atoms with E-state index in [1.165, 1.54) is 4.68 Å². The van der Waals surface area contributed by atoms with Crippen molar-refractivity contribution in [3.63, 3.8) is 0 Å². The van der Waals surface area contributed by atoms with Crippen molar-refractivity contribution < 1.29 is 19.0 Å². The zero-order valence-electron chi connectivity index (χ0n) is 18.2. The molecule has 164 valence electrons. The number of hydrogen-bond acceptors (Lipinski definition) is 6. The third-order valence-electron chi connectivity index (χ3n) is 4.89. The number of benzene rings is 2. The van der Waals surface area contributed by atoms with Gasteiger partial charge in [0.05, 0.1) is 24.2 Å². The van der Waals surface area contributed by atoms with Gasteiger partial charge in [-0.2, -0.15) is 5.10 Å². The van der Waals surface area contributed by atoms with Gasteiger partial charge in [0.2, 0.25) is 0 Å². The quantitative estimate of drug-likeness (QED) is 0.465. The van der Waals surface area contributed by atoms with Crippen molar-refractivity contribution in [1.82, 2.24) is 9.78 Å². The minimum Gasteiger partial charge on any atom is -0.492 e. The van der Waals surface area contributed by atoms with E-state index < -0.39 is 6.10 Å². The fraction of sp³-hybridized carbons (Fsp3) is 0.375. The summed E-state index contributed by atoms with van der Waals surface area (Å²) in [4.78, 5) is 24.6. The Balaban J connectivity index is 1.60. The highest BCUT2D eigenvalue weighted by molar-refractivity contribution is 5.83. The van der Waals surface area contributed by atoms with E-state index in [2.05, 4.69) is 5.10 Å². The molecule has 0 saturated heterocycles. The van der Waals surface area contributed by atoms with Crippen LogP contribution in [0.4, 0.5) is 0 Å². The van der Waals surface area contributed by atoms with E-state index in [1.807, 2.05) is 62.4 Å². The van der Waals surface area contributed by atoms with Crippen LogP contribution in [0, 0.1) is 6.92 Å². The molecule has 3 aromatic rings. The molecule has 0 bridgehead atoms. The number of rotatable bonds is 10. The van der Waals surface area contributed by atoms with Crippen molar-refractivity contribution in [2.45, 2.75) is 39.8 Å². The lowest BCUT2D eigenvalue weighted by Crippen LogP contribution is -2.29. The van der Waals surface area contributed by atoms with Crippen LogP contribution in [-0.2, 0) is 27.2 Å². The van der Waals surface area contributed by atoms with Crippen molar-refractivity contribution in [3.8, 4) is 5.75 Å². The van der Waals surface area contributed by atoms with Crippen LogP contribution in [0.1, 0.15) is 25.1 Å². The molecule has 1 atom stereocenters. The third-order valence-corrected chi connectivity index (χ3v) is 4.89. The Morgan fingerprint density at radius 2 is 1.74 bits per heavy atom. The summed E-state index contributed by atoms with van der Waals surface area (Å²) in [5.41, 5.74) is 1.63. The second-order valence-electron chi connectivity index (χ2n) is 7.05. The van der Waals surface area contributed by atoms with E-state index in [0.717, 1.165) is 16.6 Å². The number of esters is 1. The Bertz CT molecular complexity index is 1080. The van der Waals surface area contributed by atoms with Gasteiger partial charge in [-0.25, -0.2) is 9.48 Å². The average molecular weight is 424 g/mol. The Hall–Kier alpha value is -3.19. The number of hydrogen-bond donors (Lipinski definition) is 0. The van der Waals surface area contributed by atoms with Gasteiger partial charge in [-0.1, -0.05) is 30.3 Å². The molecule has 2 aromatic carbocycles. The molecule has 0 spiro atoms. The zero-order chi connectivity index (χ0) is 22.2. The van der Waals surface area contributed by atoms with Crippen LogP contribution >= 0.6 is 0 Å². The van der Waals surface area contributed by atoms with Crippen LogP contribution in [0.3, 0.4) is 0 Å². The number of carbonyl (C=O) groups excluding carboxylic acids is 1. The van der Waals surface area contributed by atoms with Crippen molar-refractivity contribution in [2.24, 2.45) is 0 Å². The minimum absolute atomic E-state index is 0.124. The second kappa shape index (κ2) is 10.7. The summed E-state index contributed by atoms with van der Waals surface area (Å²) in [6.45, 7) is 6.94. The van der Waals surface area contributed by atoms with Crippen LogP contribution in [0.5, 0.6) is 5.75 Å². The van der Waals surface area contributed by atoms with Gasteiger partial charge in [0.25, 0.3) is 5.56 Å². The van der Waals surface area contributed by atoms with Crippen molar-refractivity contribution in [3.05, 3.63) is 70.1 Å². The molecule has 0 aliphatic rings.